The van der Waals surface area contributed by atoms with Crippen LogP contribution in [0.5, 0.6) is 0 Å². The van der Waals surface area contributed by atoms with Crippen LogP contribution >= 0.6 is 0 Å². The van der Waals surface area contributed by atoms with Gasteiger partial charge < -0.3 is 4.74 Å². The molecule has 0 aromatic heterocycles. The zero-order valence-electron chi connectivity index (χ0n) is 37.0. The standard InChI is InChI=1S/C50H100O2/c1-6-11-29-38-48(39-30-12-7-2)42-35-27-22-18-16-17-21-25-33-40-47(37-15-10-5)41-34-26-23-19-20-24-28-36-45-52-50(51)46-49(43-31-13-8-3)44-32-14-9-4/h47-49H,6-46H2,1-5H3. The lowest BCUT2D eigenvalue weighted by Crippen LogP contribution is -2.13. The number of hydrogen-bond donors (Lipinski definition) is 0. The molecule has 0 radical (unpaired) electrons. The highest BCUT2D eigenvalue weighted by atomic mass is 16.5. The molecule has 0 spiro atoms. The number of ether oxygens (including phenoxy) is 1. The van der Waals surface area contributed by atoms with E-state index >= 15 is 0 Å². The Hall–Kier alpha value is -0.530. The van der Waals surface area contributed by atoms with Crippen molar-refractivity contribution in [2.75, 3.05) is 6.61 Å². The fraction of sp³-hybridized carbons (Fsp3) is 0.980. The Morgan fingerprint density at radius 2 is 0.558 bits per heavy atom. The van der Waals surface area contributed by atoms with E-state index in [0.29, 0.717) is 18.9 Å². The molecule has 2 heteroatoms. The lowest BCUT2D eigenvalue weighted by atomic mass is 9.89. The Labute approximate surface area is 330 Å². The summed E-state index contributed by atoms with van der Waals surface area (Å²) < 4.78 is 5.65. The van der Waals surface area contributed by atoms with E-state index in [-0.39, 0.29) is 5.97 Å². The van der Waals surface area contributed by atoms with E-state index in [1.54, 1.807) is 0 Å². The second kappa shape index (κ2) is 43.2. The first-order valence-corrected chi connectivity index (χ1v) is 24.8. The molecular formula is C50H100O2. The van der Waals surface area contributed by atoms with Gasteiger partial charge in [-0.2, -0.15) is 0 Å². The summed E-state index contributed by atoms with van der Waals surface area (Å²) in [7, 11) is 0. The Morgan fingerprint density at radius 3 is 0.885 bits per heavy atom. The summed E-state index contributed by atoms with van der Waals surface area (Å²) in [5, 5.41) is 0. The summed E-state index contributed by atoms with van der Waals surface area (Å²) in [4.78, 5) is 12.5. The Balaban J connectivity index is 3.82. The number of esters is 1. The van der Waals surface area contributed by atoms with Gasteiger partial charge in [-0.3, -0.25) is 4.79 Å². The normalized spacial score (nSPS) is 12.4. The molecule has 0 fully saturated rings. The largest absolute Gasteiger partial charge is 0.466 e. The molecule has 0 aliphatic rings. The molecule has 2 nitrogen and oxygen atoms in total. The van der Waals surface area contributed by atoms with Gasteiger partial charge in [0.15, 0.2) is 0 Å². The second-order valence-corrected chi connectivity index (χ2v) is 17.5. The second-order valence-electron chi connectivity index (χ2n) is 17.5. The van der Waals surface area contributed by atoms with Crippen LogP contribution in [0, 0.1) is 17.8 Å². The third-order valence-corrected chi connectivity index (χ3v) is 12.3. The van der Waals surface area contributed by atoms with Crippen molar-refractivity contribution in [3.63, 3.8) is 0 Å². The van der Waals surface area contributed by atoms with Crippen LogP contribution in [-0.2, 0) is 9.53 Å². The molecule has 1 atom stereocenters. The lowest BCUT2D eigenvalue weighted by molar-refractivity contribution is -0.145. The lowest BCUT2D eigenvalue weighted by Gasteiger charge is -2.17. The molecule has 0 aliphatic heterocycles. The highest BCUT2D eigenvalue weighted by molar-refractivity contribution is 5.69. The van der Waals surface area contributed by atoms with E-state index in [9.17, 15) is 4.79 Å². The SMILES string of the molecule is CCCCCC(CCCCC)CCCCCCCCCCCC(CCCC)CCCCCCCCCCOC(=O)CC(CCCCC)CCCCC. The molecule has 0 rings (SSSR count). The van der Waals surface area contributed by atoms with Gasteiger partial charge in [0.2, 0.25) is 0 Å². The van der Waals surface area contributed by atoms with Crippen molar-refractivity contribution >= 4 is 5.97 Å². The van der Waals surface area contributed by atoms with Crippen LogP contribution in [0.1, 0.15) is 291 Å². The minimum atomic E-state index is 0.0562. The van der Waals surface area contributed by atoms with Gasteiger partial charge in [-0.05, 0) is 37.0 Å². The molecule has 312 valence electrons. The molecule has 1 unspecified atom stereocenters. The average molecular weight is 733 g/mol. The van der Waals surface area contributed by atoms with E-state index in [2.05, 4.69) is 34.6 Å². The van der Waals surface area contributed by atoms with Crippen LogP contribution < -0.4 is 0 Å². The van der Waals surface area contributed by atoms with E-state index in [1.165, 1.54) is 244 Å². The molecule has 0 amide bonds. The van der Waals surface area contributed by atoms with Gasteiger partial charge in [0.25, 0.3) is 0 Å². The molecule has 0 aromatic rings. The van der Waals surface area contributed by atoms with Crippen molar-refractivity contribution in [1.82, 2.24) is 0 Å². The van der Waals surface area contributed by atoms with E-state index < -0.39 is 0 Å². The molecule has 0 N–H and O–H groups in total. The number of carbonyl (C=O) groups excluding carboxylic acids is 1. The van der Waals surface area contributed by atoms with Crippen molar-refractivity contribution in [3.05, 3.63) is 0 Å². The summed E-state index contributed by atoms with van der Waals surface area (Å²) in [6.07, 6.45) is 54.8. The minimum absolute atomic E-state index is 0.0562. The summed E-state index contributed by atoms with van der Waals surface area (Å²) in [6, 6.07) is 0. The van der Waals surface area contributed by atoms with Gasteiger partial charge in [-0.15, -0.1) is 0 Å². The van der Waals surface area contributed by atoms with Crippen LogP contribution in [0.3, 0.4) is 0 Å². The predicted molar refractivity (Wildman–Crippen MR) is 234 cm³/mol. The first kappa shape index (κ1) is 51.5. The number of carbonyl (C=O) groups is 1. The van der Waals surface area contributed by atoms with Crippen molar-refractivity contribution in [3.8, 4) is 0 Å². The smallest absolute Gasteiger partial charge is 0.306 e. The Bertz CT molecular complexity index is 653. The van der Waals surface area contributed by atoms with Crippen molar-refractivity contribution in [1.29, 1.82) is 0 Å². The van der Waals surface area contributed by atoms with Gasteiger partial charge in [-0.1, -0.05) is 266 Å². The molecule has 0 bridgehead atoms. The van der Waals surface area contributed by atoms with E-state index in [1.807, 2.05) is 0 Å². The van der Waals surface area contributed by atoms with Gasteiger partial charge in [-0.25, -0.2) is 0 Å². The summed E-state index contributed by atoms with van der Waals surface area (Å²) in [5.41, 5.74) is 0. The number of rotatable bonds is 44. The summed E-state index contributed by atoms with van der Waals surface area (Å²) in [5.74, 6) is 2.60. The molecule has 0 saturated heterocycles. The maximum Gasteiger partial charge on any atom is 0.306 e. The highest BCUT2D eigenvalue weighted by Crippen LogP contribution is 2.26. The first-order valence-electron chi connectivity index (χ1n) is 24.8. The van der Waals surface area contributed by atoms with Crippen molar-refractivity contribution < 1.29 is 9.53 Å². The average Bonchev–Trinajstić information content (AvgIpc) is 3.14. The fourth-order valence-electron chi connectivity index (χ4n) is 8.62. The molecule has 0 heterocycles. The highest BCUT2D eigenvalue weighted by Gasteiger charge is 2.15. The first-order chi connectivity index (χ1) is 25.6. The maximum absolute atomic E-state index is 12.5. The fourth-order valence-corrected chi connectivity index (χ4v) is 8.62. The third-order valence-electron chi connectivity index (χ3n) is 12.3. The van der Waals surface area contributed by atoms with Crippen LogP contribution in [0.2, 0.25) is 0 Å². The molecular weight excluding hydrogens is 633 g/mol. The topological polar surface area (TPSA) is 26.3 Å². The van der Waals surface area contributed by atoms with Crippen molar-refractivity contribution in [2.45, 2.75) is 291 Å². The summed E-state index contributed by atoms with van der Waals surface area (Å²) >= 11 is 0. The van der Waals surface area contributed by atoms with Crippen LogP contribution in [0.15, 0.2) is 0 Å². The van der Waals surface area contributed by atoms with Gasteiger partial charge >= 0.3 is 5.97 Å². The van der Waals surface area contributed by atoms with Crippen LogP contribution in [-0.4, -0.2) is 12.6 Å². The van der Waals surface area contributed by atoms with Crippen LogP contribution in [0.4, 0.5) is 0 Å². The monoisotopic (exact) mass is 733 g/mol. The third kappa shape index (κ3) is 37.8. The Kier molecular flexibility index (Phi) is 42.8. The van der Waals surface area contributed by atoms with Crippen LogP contribution in [0.25, 0.3) is 0 Å². The number of hydrogen-bond acceptors (Lipinski definition) is 2. The quantitative estimate of drug-likeness (QED) is 0.0460. The Morgan fingerprint density at radius 1 is 0.308 bits per heavy atom. The van der Waals surface area contributed by atoms with E-state index in [0.717, 1.165) is 18.3 Å². The van der Waals surface area contributed by atoms with Gasteiger partial charge in [0, 0.05) is 6.42 Å². The molecule has 52 heavy (non-hydrogen) atoms. The molecule has 0 aliphatic carbocycles. The predicted octanol–water partition coefficient (Wildman–Crippen LogP) is 18.1. The van der Waals surface area contributed by atoms with Gasteiger partial charge in [0.05, 0.1) is 6.61 Å². The minimum Gasteiger partial charge on any atom is -0.466 e. The number of unbranched alkanes of at least 4 members (excludes halogenated alkanes) is 24. The van der Waals surface area contributed by atoms with Gasteiger partial charge in [0.1, 0.15) is 0 Å². The van der Waals surface area contributed by atoms with Crippen molar-refractivity contribution in [2.24, 2.45) is 17.8 Å². The van der Waals surface area contributed by atoms with E-state index in [4.69, 9.17) is 4.74 Å². The maximum atomic E-state index is 12.5. The molecule has 0 aromatic carbocycles. The molecule has 0 saturated carbocycles. The summed E-state index contributed by atoms with van der Waals surface area (Å²) in [6.45, 7) is 12.2. The zero-order valence-corrected chi connectivity index (χ0v) is 37.0. The zero-order chi connectivity index (χ0) is 38.0.